The quantitative estimate of drug-likeness (QED) is 0.867. The molecule has 0 spiro atoms. The van der Waals surface area contributed by atoms with Crippen LogP contribution in [0.2, 0.25) is 0 Å². The minimum absolute atomic E-state index is 0.138. The summed E-state index contributed by atoms with van der Waals surface area (Å²) in [5, 5.41) is 3.35. The lowest BCUT2D eigenvalue weighted by Crippen LogP contribution is -2.19. The summed E-state index contributed by atoms with van der Waals surface area (Å²) >= 11 is 0. The Morgan fingerprint density at radius 3 is 2.95 bits per heavy atom. The van der Waals surface area contributed by atoms with Crippen LogP contribution in [0.3, 0.4) is 0 Å². The number of rotatable bonds is 4. The Labute approximate surface area is 111 Å². The van der Waals surface area contributed by atoms with Crippen LogP contribution in [0.25, 0.3) is 11.5 Å². The van der Waals surface area contributed by atoms with Crippen LogP contribution in [-0.4, -0.2) is 21.0 Å². The zero-order valence-corrected chi connectivity index (χ0v) is 10.8. The van der Waals surface area contributed by atoms with Crippen LogP contribution in [0, 0.1) is 6.92 Å². The molecule has 0 aromatic carbocycles. The highest BCUT2D eigenvalue weighted by Gasteiger charge is 2.20. The molecule has 5 nitrogen and oxygen atoms in total. The number of nitrogens with one attached hydrogen (secondary N) is 2. The van der Waals surface area contributed by atoms with Crippen molar-refractivity contribution in [1.29, 1.82) is 0 Å². The van der Waals surface area contributed by atoms with Crippen molar-refractivity contribution in [2.75, 3.05) is 0 Å². The molecule has 98 valence electrons. The highest BCUT2D eigenvalue weighted by atomic mass is 16.1. The highest BCUT2D eigenvalue weighted by molar-refractivity contribution is 5.48. The van der Waals surface area contributed by atoms with E-state index in [-0.39, 0.29) is 5.56 Å². The summed E-state index contributed by atoms with van der Waals surface area (Å²) in [6.07, 6.45) is 2.44. The van der Waals surface area contributed by atoms with Gasteiger partial charge in [0.2, 0.25) is 0 Å². The number of pyridine rings is 1. The molecule has 2 aromatic rings. The molecule has 0 unspecified atom stereocenters. The fourth-order valence-corrected chi connectivity index (χ4v) is 1.93. The zero-order chi connectivity index (χ0) is 13.2. The first-order valence-electron chi connectivity index (χ1n) is 6.48. The van der Waals surface area contributed by atoms with Crippen molar-refractivity contribution < 1.29 is 0 Å². The number of nitrogens with zero attached hydrogens (tertiary/aromatic N) is 2. The Morgan fingerprint density at radius 2 is 2.21 bits per heavy atom. The SMILES string of the molecule is Cc1cccc(-c2nc(CNC3CC3)cc(=O)[nH]2)n1. The second-order valence-corrected chi connectivity index (χ2v) is 4.90. The number of aromatic nitrogens is 3. The Kier molecular flexibility index (Phi) is 3.13. The van der Waals surface area contributed by atoms with Gasteiger partial charge in [0.15, 0.2) is 5.82 Å². The number of hydrogen-bond donors (Lipinski definition) is 2. The van der Waals surface area contributed by atoms with Crippen molar-refractivity contribution in [1.82, 2.24) is 20.3 Å². The van der Waals surface area contributed by atoms with E-state index in [2.05, 4.69) is 20.3 Å². The van der Waals surface area contributed by atoms with Crippen molar-refractivity contribution in [2.45, 2.75) is 32.4 Å². The third-order valence-electron chi connectivity index (χ3n) is 3.07. The van der Waals surface area contributed by atoms with E-state index in [0.717, 1.165) is 11.4 Å². The molecule has 19 heavy (non-hydrogen) atoms. The van der Waals surface area contributed by atoms with Crippen LogP contribution < -0.4 is 10.9 Å². The summed E-state index contributed by atoms with van der Waals surface area (Å²) in [6.45, 7) is 2.55. The van der Waals surface area contributed by atoms with Gasteiger partial charge in [0, 0.05) is 24.3 Å². The van der Waals surface area contributed by atoms with Gasteiger partial charge in [0.1, 0.15) is 5.69 Å². The van der Waals surface area contributed by atoms with Crippen molar-refractivity contribution in [3.63, 3.8) is 0 Å². The van der Waals surface area contributed by atoms with Gasteiger partial charge in [0.05, 0.1) is 5.69 Å². The molecule has 3 rings (SSSR count). The van der Waals surface area contributed by atoms with Crippen LogP contribution in [0.1, 0.15) is 24.2 Å². The summed E-state index contributed by atoms with van der Waals surface area (Å²) in [6, 6.07) is 7.81. The van der Waals surface area contributed by atoms with Gasteiger partial charge < -0.3 is 10.3 Å². The molecular weight excluding hydrogens is 240 g/mol. The minimum Gasteiger partial charge on any atom is -0.308 e. The van der Waals surface area contributed by atoms with Crippen LogP contribution >= 0.6 is 0 Å². The van der Waals surface area contributed by atoms with Gasteiger partial charge in [-0.2, -0.15) is 0 Å². The molecular formula is C14H16N4O. The number of hydrogen-bond acceptors (Lipinski definition) is 4. The third kappa shape index (κ3) is 3.06. The van der Waals surface area contributed by atoms with Crippen molar-refractivity contribution in [2.24, 2.45) is 0 Å². The predicted octanol–water partition coefficient (Wildman–Crippen LogP) is 1.39. The second-order valence-electron chi connectivity index (χ2n) is 4.90. The maximum Gasteiger partial charge on any atom is 0.251 e. The van der Waals surface area contributed by atoms with Crippen molar-refractivity contribution in [3.05, 3.63) is 46.0 Å². The molecule has 0 amide bonds. The first-order chi connectivity index (χ1) is 9.20. The van der Waals surface area contributed by atoms with Gasteiger partial charge >= 0.3 is 0 Å². The monoisotopic (exact) mass is 256 g/mol. The smallest absolute Gasteiger partial charge is 0.251 e. The lowest BCUT2D eigenvalue weighted by atomic mass is 10.3. The molecule has 1 fully saturated rings. The average Bonchev–Trinajstić information content (AvgIpc) is 3.20. The van der Waals surface area contributed by atoms with E-state index in [0.29, 0.717) is 24.1 Å². The van der Waals surface area contributed by atoms with Crippen molar-refractivity contribution in [3.8, 4) is 11.5 Å². The second kappa shape index (κ2) is 4.93. The topological polar surface area (TPSA) is 70.7 Å². The van der Waals surface area contributed by atoms with Gasteiger partial charge in [-0.05, 0) is 31.9 Å². The maximum absolute atomic E-state index is 11.7. The summed E-state index contributed by atoms with van der Waals surface area (Å²) in [5.41, 5.74) is 2.22. The molecule has 5 heteroatoms. The van der Waals surface area contributed by atoms with Crippen molar-refractivity contribution >= 4 is 0 Å². The predicted molar refractivity (Wildman–Crippen MR) is 72.7 cm³/mol. The third-order valence-corrected chi connectivity index (χ3v) is 3.07. The van der Waals surface area contributed by atoms with Crippen LogP contribution in [0.5, 0.6) is 0 Å². The van der Waals surface area contributed by atoms with Gasteiger partial charge in [-0.15, -0.1) is 0 Å². The molecule has 0 aliphatic heterocycles. The van der Waals surface area contributed by atoms with Crippen LogP contribution in [0.15, 0.2) is 29.1 Å². The standard InChI is InChI=1S/C14H16N4O/c1-9-3-2-4-12(16-9)14-17-11(7-13(19)18-14)8-15-10-5-6-10/h2-4,7,10,15H,5-6,8H2,1H3,(H,17,18,19). The molecule has 1 aliphatic rings. The molecule has 1 saturated carbocycles. The number of aryl methyl sites for hydroxylation is 1. The number of aromatic amines is 1. The molecule has 1 aliphatic carbocycles. The lowest BCUT2D eigenvalue weighted by Gasteiger charge is -2.05. The van der Waals surface area contributed by atoms with Gasteiger partial charge in [-0.3, -0.25) is 4.79 Å². The van der Waals surface area contributed by atoms with Gasteiger partial charge in [0.25, 0.3) is 5.56 Å². The van der Waals surface area contributed by atoms with Gasteiger partial charge in [-0.25, -0.2) is 9.97 Å². The Morgan fingerprint density at radius 1 is 1.37 bits per heavy atom. The lowest BCUT2D eigenvalue weighted by molar-refractivity contribution is 0.672. The minimum atomic E-state index is -0.138. The van der Waals surface area contributed by atoms with E-state index in [1.807, 2.05) is 25.1 Å². The van der Waals surface area contributed by atoms with E-state index in [1.165, 1.54) is 18.9 Å². The zero-order valence-electron chi connectivity index (χ0n) is 10.8. The summed E-state index contributed by atoms with van der Waals surface area (Å²) in [5.74, 6) is 0.531. The Balaban J connectivity index is 1.89. The highest BCUT2D eigenvalue weighted by Crippen LogP contribution is 2.19. The number of H-pyrrole nitrogens is 1. The normalized spacial score (nSPS) is 14.6. The molecule has 0 bridgehead atoms. The van der Waals surface area contributed by atoms with E-state index in [4.69, 9.17) is 0 Å². The first kappa shape index (κ1) is 12.0. The molecule has 0 atom stereocenters. The van der Waals surface area contributed by atoms with Crippen LogP contribution in [0.4, 0.5) is 0 Å². The fraction of sp³-hybridized carbons (Fsp3) is 0.357. The molecule has 2 aromatic heterocycles. The summed E-state index contributed by atoms with van der Waals surface area (Å²) < 4.78 is 0. The van der Waals surface area contributed by atoms with E-state index in [1.54, 1.807) is 0 Å². The Hall–Kier alpha value is -2.01. The van der Waals surface area contributed by atoms with Gasteiger partial charge in [-0.1, -0.05) is 6.07 Å². The Bertz CT molecular complexity index is 646. The largest absolute Gasteiger partial charge is 0.308 e. The first-order valence-corrected chi connectivity index (χ1v) is 6.48. The van der Waals surface area contributed by atoms with E-state index >= 15 is 0 Å². The molecule has 2 heterocycles. The molecule has 2 N–H and O–H groups in total. The van der Waals surface area contributed by atoms with Crippen LogP contribution in [-0.2, 0) is 6.54 Å². The fourth-order valence-electron chi connectivity index (χ4n) is 1.93. The average molecular weight is 256 g/mol. The summed E-state index contributed by atoms with van der Waals surface area (Å²) in [4.78, 5) is 23.3. The van der Waals surface area contributed by atoms with E-state index < -0.39 is 0 Å². The summed E-state index contributed by atoms with van der Waals surface area (Å²) in [7, 11) is 0. The maximum atomic E-state index is 11.7. The molecule has 0 saturated heterocycles. The molecule has 0 radical (unpaired) electrons. The van der Waals surface area contributed by atoms with E-state index in [9.17, 15) is 4.79 Å².